The molecule has 0 heterocycles. The SMILES string of the molecule is CCC(CC)(NS(=O)(=O)C(C)C#N)C(=O)O. The smallest absolute Gasteiger partial charge is 0.324 e. The molecule has 0 saturated carbocycles. The predicted octanol–water partition coefficient (Wildman–Crippen LogP) is 0.461. The van der Waals surface area contributed by atoms with Crippen LogP contribution < -0.4 is 4.72 Å². The minimum absolute atomic E-state index is 0.121. The van der Waals surface area contributed by atoms with E-state index in [1.807, 2.05) is 0 Å². The van der Waals surface area contributed by atoms with Crippen LogP contribution in [0.5, 0.6) is 0 Å². The van der Waals surface area contributed by atoms with E-state index in [1.54, 1.807) is 19.9 Å². The summed E-state index contributed by atoms with van der Waals surface area (Å²) in [7, 11) is -3.93. The van der Waals surface area contributed by atoms with Crippen molar-refractivity contribution in [1.29, 1.82) is 5.26 Å². The third-order valence-corrected chi connectivity index (χ3v) is 4.31. The molecule has 7 heteroatoms. The molecule has 92 valence electrons. The second-order valence-corrected chi connectivity index (χ2v) is 5.51. The molecule has 1 unspecified atom stereocenters. The summed E-state index contributed by atoms with van der Waals surface area (Å²) in [6.07, 6.45) is 0.242. The van der Waals surface area contributed by atoms with Gasteiger partial charge in [0.15, 0.2) is 5.25 Å². The van der Waals surface area contributed by atoms with Gasteiger partial charge in [-0.1, -0.05) is 13.8 Å². The van der Waals surface area contributed by atoms with E-state index in [-0.39, 0.29) is 12.8 Å². The highest BCUT2D eigenvalue weighted by Crippen LogP contribution is 2.18. The summed E-state index contributed by atoms with van der Waals surface area (Å²) in [5.41, 5.74) is -1.52. The number of carbonyl (C=O) groups is 1. The van der Waals surface area contributed by atoms with Crippen LogP contribution in [-0.2, 0) is 14.8 Å². The lowest BCUT2D eigenvalue weighted by Crippen LogP contribution is -2.55. The molecule has 6 nitrogen and oxygen atoms in total. The van der Waals surface area contributed by atoms with Crippen molar-refractivity contribution in [1.82, 2.24) is 4.72 Å². The van der Waals surface area contributed by atoms with Gasteiger partial charge in [-0.15, -0.1) is 0 Å². The Balaban J connectivity index is 5.22. The Labute approximate surface area is 95.3 Å². The van der Waals surface area contributed by atoms with Crippen molar-refractivity contribution in [2.45, 2.75) is 44.4 Å². The largest absolute Gasteiger partial charge is 0.480 e. The van der Waals surface area contributed by atoms with Gasteiger partial charge in [0.2, 0.25) is 10.0 Å². The lowest BCUT2D eigenvalue weighted by Gasteiger charge is -2.28. The summed E-state index contributed by atoms with van der Waals surface area (Å²) in [5.74, 6) is -1.23. The van der Waals surface area contributed by atoms with Gasteiger partial charge in [0, 0.05) is 0 Å². The first-order chi connectivity index (χ1) is 7.25. The topological polar surface area (TPSA) is 107 Å². The number of nitrogens with one attached hydrogen (secondary N) is 1. The first-order valence-electron chi connectivity index (χ1n) is 4.91. The Morgan fingerprint density at radius 3 is 2.19 bits per heavy atom. The number of carboxylic acid groups (broad SMARTS) is 1. The van der Waals surface area contributed by atoms with E-state index in [2.05, 4.69) is 4.72 Å². The molecule has 0 aliphatic carbocycles. The Kier molecular flexibility index (Phi) is 4.90. The van der Waals surface area contributed by atoms with E-state index in [4.69, 9.17) is 10.4 Å². The summed E-state index contributed by atoms with van der Waals surface area (Å²) in [5, 5.41) is 16.3. The van der Waals surface area contributed by atoms with E-state index in [0.717, 1.165) is 0 Å². The Hall–Kier alpha value is -1.13. The number of sulfonamides is 1. The average molecular weight is 248 g/mol. The van der Waals surface area contributed by atoms with E-state index >= 15 is 0 Å². The van der Waals surface area contributed by atoms with Crippen molar-refractivity contribution in [2.24, 2.45) is 0 Å². The minimum atomic E-state index is -3.93. The van der Waals surface area contributed by atoms with Gasteiger partial charge in [-0.25, -0.2) is 8.42 Å². The van der Waals surface area contributed by atoms with Crippen molar-refractivity contribution < 1.29 is 18.3 Å². The molecule has 0 aromatic rings. The fourth-order valence-electron chi connectivity index (χ4n) is 1.17. The molecule has 0 aromatic carbocycles. The van der Waals surface area contributed by atoms with Crippen molar-refractivity contribution in [3.8, 4) is 6.07 Å². The zero-order valence-electron chi connectivity index (χ0n) is 9.52. The van der Waals surface area contributed by atoms with Gasteiger partial charge in [0.25, 0.3) is 0 Å². The number of nitrogens with zero attached hydrogens (tertiary/aromatic N) is 1. The van der Waals surface area contributed by atoms with Gasteiger partial charge >= 0.3 is 5.97 Å². The van der Waals surface area contributed by atoms with Crippen molar-refractivity contribution >= 4 is 16.0 Å². The first kappa shape index (κ1) is 14.9. The lowest BCUT2D eigenvalue weighted by molar-refractivity contribution is -0.144. The molecule has 0 aromatic heterocycles. The van der Waals surface area contributed by atoms with Gasteiger partial charge in [-0.2, -0.15) is 9.98 Å². The van der Waals surface area contributed by atoms with Crippen LogP contribution in [0.1, 0.15) is 33.6 Å². The Bertz CT molecular complexity index is 392. The molecule has 0 bridgehead atoms. The van der Waals surface area contributed by atoms with Crippen molar-refractivity contribution in [2.75, 3.05) is 0 Å². The van der Waals surface area contributed by atoms with E-state index in [9.17, 15) is 13.2 Å². The Morgan fingerprint density at radius 2 is 1.94 bits per heavy atom. The zero-order valence-corrected chi connectivity index (χ0v) is 10.3. The van der Waals surface area contributed by atoms with Crippen LogP contribution in [0.3, 0.4) is 0 Å². The van der Waals surface area contributed by atoms with Gasteiger partial charge in [0.05, 0.1) is 6.07 Å². The molecular formula is C9H16N2O4S. The maximum Gasteiger partial charge on any atom is 0.324 e. The molecule has 2 N–H and O–H groups in total. The van der Waals surface area contributed by atoms with Crippen LogP contribution in [0.15, 0.2) is 0 Å². The number of rotatable bonds is 6. The standard InChI is InChI=1S/C9H16N2O4S/c1-4-9(5-2,8(12)13)11-16(14,15)7(3)6-10/h7,11H,4-5H2,1-3H3,(H,12,13). The molecule has 0 aliphatic heterocycles. The Morgan fingerprint density at radius 1 is 1.50 bits per heavy atom. The quantitative estimate of drug-likeness (QED) is 0.710. The average Bonchev–Trinajstić information content (AvgIpc) is 2.24. The van der Waals surface area contributed by atoms with E-state index in [0.29, 0.717) is 0 Å². The molecule has 1 atom stereocenters. The van der Waals surface area contributed by atoms with Crippen LogP contribution in [0.4, 0.5) is 0 Å². The van der Waals surface area contributed by atoms with Crippen molar-refractivity contribution in [3.63, 3.8) is 0 Å². The molecule has 0 amide bonds. The van der Waals surface area contributed by atoms with Crippen LogP contribution in [0.25, 0.3) is 0 Å². The fourth-order valence-corrected chi connectivity index (χ4v) is 2.41. The summed E-state index contributed by atoms with van der Waals surface area (Å²) < 4.78 is 25.3. The highest BCUT2D eigenvalue weighted by Gasteiger charge is 2.40. The number of carboxylic acids is 1. The van der Waals surface area contributed by atoms with Crippen LogP contribution >= 0.6 is 0 Å². The molecule has 0 spiro atoms. The molecule has 16 heavy (non-hydrogen) atoms. The second kappa shape index (κ2) is 5.27. The van der Waals surface area contributed by atoms with Crippen molar-refractivity contribution in [3.05, 3.63) is 0 Å². The van der Waals surface area contributed by atoms with Gasteiger partial charge in [-0.3, -0.25) is 4.79 Å². The van der Waals surface area contributed by atoms with Gasteiger partial charge in [-0.05, 0) is 19.8 Å². The predicted molar refractivity (Wildman–Crippen MR) is 58.1 cm³/mol. The van der Waals surface area contributed by atoms with Crippen LogP contribution in [0.2, 0.25) is 0 Å². The summed E-state index contributed by atoms with van der Waals surface area (Å²) in [6.45, 7) is 4.37. The highest BCUT2D eigenvalue weighted by molar-refractivity contribution is 7.90. The molecule has 0 radical (unpaired) electrons. The molecule has 0 rings (SSSR count). The molecule has 0 aliphatic rings. The van der Waals surface area contributed by atoms with E-state index in [1.165, 1.54) is 6.92 Å². The van der Waals surface area contributed by atoms with Crippen LogP contribution in [0, 0.1) is 11.3 Å². The first-order valence-corrected chi connectivity index (χ1v) is 6.46. The summed E-state index contributed by atoms with van der Waals surface area (Å²) in [6, 6.07) is 1.57. The maximum atomic E-state index is 11.6. The third kappa shape index (κ3) is 2.93. The van der Waals surface area contributed by atoms with Gasteiger partial charge in [0.1, 0.15) is 5.54 Å². The van der Waals surface area contributed by atoms with Crippen LogP contribution in [-0.4, -0.2) is 30.3 Å². The maximum absolute atomic E-state index is 11.6. The van der Waals surface area contributed by atoms with Gasteiger partial charge < -0.3 is 5.11 Å². The monoisotopic (exact) mass is 248 g/mol. The van der Waals surface area contributed by atoms with E-state index < -0.39 is 26.8 Å². The highest BCUT2D eigenvalue weighted by atomic mass is 32.2. The summed E-state index contributed by atoms with van der Waals surface area (Å²) >= 11 is 0. The molecular weight excluding hydrogens is 232 g/mol. The fraction of sp³-hybridized carbons (Fsp3) is 0.778. The normalized spacial score (nSPS) is 14.1. The molecule has 0 fully saturated rings. The number of nitriles is 1. The lowest BCUT2D eigenvalue weighted by atomic mass is 9.95. The third-order valence-electron chi connectivity index (χ3n) is 2.60. The number of hydrogen-bond donors (Lipinski definition) is 2. The number of aliphatic carboxylic acids is 1. The number of hydrogen-bond acceptors (Lipinski definition) is 4. The summed E-state index contributed by atoms with van der Waals surface area (Å²) in [4.78, 5) is 11.1. The second-order valence-electron chi connectivity index (χ2n) is 3.51. The minimum Gasteiger partial charge on any atom is -0.480 e. The molecule has 0 saturated heterocycles. The zero-order chi connectivity index (χ0) is 13.0.